The molecule has 0 unspecified atom stereocenters. The fourth-order valence-corrected chi connectivity index (χ4v) is 3.33. The van der Waals surface area contributed by atoms with Gasteiger partial charge in [0, 0.05) is 17.9 Å². The lowest BCUT2D eigenvalue weighted by Crippen LogP contribution is -2.02. The molecule has 5 heteroatoms. The van der Waals surface area contributed by atoms with Gasteiger partial charge in [-0.15, -0.1) is 10.2 Å². The van der Waals surface area contributed by atoms with Gasteiger partial charge in [0.1, 0.15) is 5.82 Å². The van der Waals surface area contributed by atoms with Gasteiger partial charge >= 0.3 is 0 Å². The first-order chi connectivity index (χ1) is 9.74. The second-order valence-corrected chi connectivity index (χ2v) is 6.25. The SMILES string of the molecule is C[C@@H](O)c1ccc(Sc2nnc3n2CCCCC3)cc1. The third-order valence-electron chi connectivity index (χ3n) is 3.65. The minimum Gasteiger partial charge on any atom is -0.389 e. The summed E-state index contributed by atoms with van der Waals surface area (Å²) < 4.78 is 2.25. The molecule has 106 valence electrons. The van der Waals surface area contributed by atoms with Crippen LogP contribution in [-0.4, -0.2) is 19.9 Å². The van der Waals surface area contributed by atoms with E-state index in [1.165, 1.54) is 19.3 Å². The van der Waals surface area contributed by atoms with Crippen molar-refractivity contribution in [2.75, 3.05) is 0 Å². The van der Waals surface area contributed by atoms with Crippen LogP contribution in [0, 0.1) is 0 Å². The van der Waals surface area contributed by atoms with Gasteiger partial charge in [-0.3, -0.25) is 0 Å². The van der Waals surface area contributed by atoms with Crippen molar-refractivity contribution in [3.05, 3.63) is 35.7 Å². The predicted molar refractivity (Wildman–Crippen MR) is 78.8 cm³/mol. The zero-order chi connectivity index (χ0) is 13.9. The number of hydrogen-bond acceptors (Lipinski definition) is 4. The van der Waals surface area contributed by atoms with E-state index in [0.717, 1.165) is 34.4 Å². The van der Waals surface area contributed by atoms with E-state index >= 15 is 0 Å². The number of aliphatic hydroxyl groups excluding tert-OH is 1. The van der Waals surface area contributed by atoms with Crippen molar-refractivity contribution in [2.45, 2.75) is 55.3 Å². The number of benzene rings is 1. The minimum absolute atomic E-state index is 0.418. The van der Waals surface area contributed by atoms with Gasteiger partial charge in [-0.05, 0) is 49.2 Å². The smallest absolute Gasteiger partial charge is 0.196 e. The Kier molecular flexibility index (Phi) is 4.08. The van der Waals surface area contributed by atoms with Crippen molar-refractivity contribution >= 4 is 11.8 Å². The molecular formula is C15H19N3OS. The van der Waals surface area contributed by atoms with E-state index in [9.17, 15) is 5.11 Å². The molecule has 0 fully saturated rings. The van der Waals surface area contributed by atoms with E-state index in [2.05, 4.69) is 14.8 Å². The molecule has 2 heterocycles. The van der Waals surface area contributed by atoms with Crippen LogP contribution in [0.2, 0.25) is 0 Å². The van der Waals surface area contributed by atoms with Crippen LogP contribution in [-0.2, 0) is 13.0 Å². The van der Waals surface area contributed by atoms with Crippen molar-refractivity contribution in [1.29, 1.82) is 0 Å². The lowest BCUT2D eigenvalue weighted by molar-refractivity contribution is 0.199. The number of aryl methyl sites for hydroxylation is 1. The molecule has 1 aliphatic heterocycles. The molecule has 0 saturated carbocycles. The number of nitrogens with zero attached hydrogens (tertiary/aromatic N) is 3. The first kappa shape index (κ1) is 13.6. The summed E-state index contributed by atoms with van der Waals surface area (Å²) in [6.07, 6.45) is 4.31. The summed E-state index contributed by atoms with van der Waals surface area (Å²) in [5, 5.41) is 19.1. The molecule has 0 radical (unpaired) electrons. The maximum atomic E-state index is 9.53. The summed E-state index contributed by atoms with van der Waals surface area (Å²) in [7, 11) is 0. The second-order valence-electron chi connectivity index (χ2n) is 5.21. The van der Waals surface area contributed by atoms with Gasteiger partial charge in [0.2, 0.25) is 0 Å². The molecule has 1 aromatic carbocycles. The fourth-order valence-electron chi connectivity index (χ4n) is 2.45. The average molecular weight is 289 g/mol. The highest BCUT2D eigenvalue weighted by molar-refractivity contribution is 7.99. The quantitative estimate of drug-likeness (QED) is 0.942. The number of fused-ring (bicyclic) bond motifs is 1. The highest BCUT2D eigenvalue weighted by Crippen LogP contribution is 2.29. The lowest BCUT2D eigenvalue weighted by Gasteiger charge is -2.08. The zero-order valence-corrected chi connectivity index (χ0v) is 12.4. The first-order valence-electron chi connectivity index (χ1n) is 7.12. The Bertz CT molecular complexity index is 577. The topological polar surface area (TPSA) is 50.9 Å². The molecule has 4 nitrogen and oxygen atoms in total. The van der Waals surface area contributed by atoms with Crippen LogP contribution < -0.4 is 0 Å². The highest BCUT2D eigenvalue weighted by atomic mass is 32.2. The molecule has 0 bridgehead atoms. The third kappa shape index (κ3) is 2.88. The van der Waals surface area contributed by atoms with Crippen LogP contribution in [0.4, 0.5) is 0 Å². The molecule has 1 aliphatic rings. The molecular weight excluding hydrogens is 270 g/mol. The second kappa shape index (κ2) is 5.97. The molecule has 1 atom stereocenters. The number of hydrogen-bond donors (Lipinski definition) is 1. The monoisotopic (exact) mass is 289 g/mol. The van der Waals surface area contributed by atoms with E-state index in [4.69, 9.17) is 0 Å². The van der Waals surface area contributed by atoms with Gasteiger partial charge in [0.25, 0.3) is 0 Å². The van der Waals surface area contributed by atoms with E-state index < -0.39 is 6.10 Å². The van der Waals surface area contributed by atoms with Gasteiger partial charge in [-0.25, -0.2) is 0 Å². The molecule has 0 spiro atoms. The van der Waals surface area contributed by atoms with Crippen LogP contribution >= 0.6 is 11.8 Å². The van der Waals surface area contributed by atoms with Crippen molar-refractivity contribution in [1.82, 2.24) is 14.8 Å². The van der Waals surface area contributed by atoms with Crippen LogP contribution in [0.5, 0.6) is 0 Å². The van der Waals surface area contributed by atoms with Crippen molar-refractivity contribution in [2.24, 2.45) is 0 Å². The van der Waals surface area contributed by atoms with Crippen LogP contribution in [0.1, 0.15) is 43.7 Å². The van der Waals surface area contributed by atoms with Crippen LogP contribution in [0.3, 0.4) is 0 Å². The maximum Gasteiger partial charge on any atom is 0.196 e. The number of aliphatic hydroxyl groups is 1. The number of aromatic nitrogens is 3. The summed E-state index contributed by atoms with van der Waals surface area (Å²) in [4.78, 5) is 1.13. The maximum absolute atomic E-state index is 9.53. The molecule has 1 N–H and O–H groups in total. The summed E-state index contributed by atoms with van der Waals surface area (Å²) in [5.41, 5.74) is 0.939. The summed E-state index contributed by atoms with van der Waals surface area (Å²) >= 11 is 1.65. The Morgan fingerprint density at radius 2 is 1.95 bits per heavy atom. The lowest BCUT2D eigenvalue weighted by atomic mass is 10.1. The standard InChI is InChI=1S/C15H19N3OS/c1-11(19)12-6-8-13(9-7-12)20-15-17-16-14-5-3-2-4-10-18(14)15/h6-9,11,19H,2-5,10H2,1H3/t11-/m1/s1. The Balaban J connectivity index is 1.79. The van der Waals surface area contributed by atoms with Gasteiger partial charge in [0.15, 0.2) is 5.16 Å². The van der Waals surface area contributed by atoms with E-state index in [-0.39, 0.29) is 0 Å². The number of rotatable bonds is 3. The average Bonchev–Trinajstić information content (AvgIpc) is 2.69. The van der Waals surface area contributed by atoms with Gasteiger partial charge in [0.05, 0.1) is 6.10 Å². The van der Waals surface area contributed by atoms with Crippen molar-refractivity contribution < 1.29 is 5.11 Å². The van der Waals surface area contributed by atoms with Crippen molar-refractivity contribution in [3.8, 4) is 0 Å². The summed E-state index contributed by atoms with van der Waals surface area (Å²) in [5.74, 6) is 1.12. The Labute approximate surface area is 123 Å². The Morgan fingerprint density at radius 1 is 1.15 bits per heavy atom. The van der Waals surface area contributed by atoms with E-state index in [0.29, 0.717) is 0 Å². The highest BCUT2D eigenvalue weighted by Gasteiger charge is 2.15. The zero-order valence-electron chi connectivity index (χ0n) is 11.6. The van der Waals surface area contributed by atoms with Gasteiger partial charge in [-0.1, -0.05) is 18.6 Å². The largest absolute Gasteiger partial charge is 0.389 e. The normalized spacial score (nSPS) is 16.5. The molecule has 0 saturated heterocycles. The summed E-state index contributed by atoms with van der Waals surface area (Å²) in [6.45, 7) is 2.80. The van der Waals surface area contributed by atoms with Gasteiger partial charge < -0.3 is 9.67 Å². The Hall–Kier alpha value is -1.33. The van der Waals surface area contributed by atoms with Crippen molar-refractivity contribution in [3.63, 3.8) is 0 Å². The molecule has 1 aromatic heterocycles. The first-order valence-corrected chi connectivity index (χ1v) is 7.93. The minimum atomic E-state index is -0.418. The predicted octanol–water partition coefficient (Wildman–Crippen LogP) is 3.21. The van der Waals surface area contributed by atoms with Crippen LogP contribution in [0.15, 0.2) is 34.3 Å². The van der Waals surface area contributed by atoms with Gasteiger partial charge in [-0.2, -0.15) is 0 Å². The van der Waals surface area contributed by atoms with E-state index in [1.807, 2.05) is 24.3 Å². The molecule has 20 heavy (non-hydrogen) atoms. The third-order valence-corrected chi connectivity index (χ3v) is 4.64. The van der Waals surface area contributed by atoms with E-state index in [1.54, 1.807) is 18.7 Å². The molecule has 0 aliphatic carbocycles. The molecule has 2 aromatic rings. The van der Waals surface area contributed by atoms with Crippen LogP contribution in [0.25, 0.3) is 0 Å². The molecule has 3 rings (SSSR count). The Morgan fingerprint density at radius 3 is 2.70 bits per heavy atom. The fraction of sp³-hybridized carbons (Fsp3) is 0.467. The summed E-state index contributed by atoms with van der Waals surface area (Å²) in [6, 6.07) is 8.00. The molecule has 0 amide bonds.